The highest BCUT2D eigenvalue weighted by atomic mass is 79.9. The second-order valence-electron chi connectivity index (χ2n) is 4.36. The molecule has 0 aliphatic carbocycles. The summed E-state index contributed by atoms with van der Waals surface area (Å²) in [6.07, 6.45) is 1.34. The van der Waals surface area contributed by atoms with E-state index in [4.69, 9.17) is 16.3 Å². The molecule has 1 amide bonds. The lowest BCUT2D eigenvalue weighted by atomic mass is 10.2. The zero-order valence-electron chi connectivity index (χ0n) is 11.6. The molecule has 0 bridgehead atoms. The predicted octanol–water partition coefficient (Wildman–Crippen LogP) is 4.10. The van der Waals surface area contributed by atoms with Gasteiger partial charge in [-0.25, -0.2) is 5.43 Å². The number of nitrogens with zero attached hydrogens (tertiary/aromatic N) is 1. The largest absolute Gasteiger partial charge is 0.506 e. The van der Waals surface area contributed by atoms with Crippen LogP contribution in [0, 0.1) is 0 Å². The van der Waals surface area contributed by atoms with Crippen LogP contribution in [0.25, 0.3) is 0 Å². The van der Waals surface area contributed by atoms with Crippen LogP contribution in [0.3, 0.4) is 0 Å². The van der Waals surface area contributed by atoms with Crippen molar-refractivity contribution in [1.82, 2.24) is 5.43 Å². The predicted molar refractivity (Wildman–Crippen MR) is 96.2 cm³/mol. The smallest absolute Gasteiger partial charge is 0.277 e. The molecule has 0 radical (unpaired) electrons. The second kappa shape index (κ2) is 8.33. The number of nitrogens with one attached hydrogen (secondary N) is 1. The number of benzene rings is 2. The van der Waals surface area contributed by atoms with E-state index in [0.717, 1.165) is 4.47 Å². The molecule has 0 fully saturated rings. The number of ether oxygens (including phenoxy) is 1. The molecule has 23 heavy (non-hydrogen) atoms. The summed E-state index contributed by atoms with van der Waals surface area (Å²) in [5, 5.41) is 14.2. The maximum atomic E-state index is 11.6. The van der Waals surface area contributed by atoms with Crippen LogP contribution in [0.2, 0.25) is 5.02 Å². The summed E-state index contributed by atoms with van der Waals surface area (Å²) in [6, 6.07) is 10.1. The standard InChI is InChI=1S/C15H11Br2ClN2O3/c16-10-4-9(15(22)13(17)5-10)7-19-20-14(21)8-23-12-3-1-2-11(18)6-12/h1-7,22H,8H2,(H,20,21)/b19-7+. The maximum absolute atomic E-state index is 11.6. The average Bonchev–Trinajstić information content (AvgIpc) is 2.50. The van der Waals surface area contributed by atoms with Gasteiger partial charge in [0, 0.05) is 15.1 Å². The van der Waals surface area contributed by atoms with Gasteiger partial charge in [-0.15, -0.1) is 0 Å². The fraction of sp³-hybridized carbons (Fsp3) is 0.0667. The van der Waals surface area contributed by atoms with Gasteiger partial charge in [-0.2, -0.15) is 5.10 Å². The number of hydrazone groups is 1. The summed E-state index contributed by atoms with van der Waals surface area (Å²) in [6.45, 7) is -0.203. The van der Waals surface area contributed by atoms with Crippen molar-refractivity contribution in [2.45, 2.75) is 0 Å². The van der Waals surface area contributed by atoms with E-state index in [0.29, 0.717) is 20.8 Å². The molecule has 2 N–H and O–H groups in total. The summed E-state index contributed by atoms with van der Waals surface area (Å²) in [5.74, 6) is 0.0846. The number of aromatic hydroxyl groups is 1. The number of halogens is 3. The second-order valence-corrected chi connectivity index (χ2v) is 6.57. The van der Waals surface area contributed by atoms with Crippen molar-refractivity contribution in [2.24, 2.45) is 5.10 Å². The number of phenolic OH excluding ortho intramolecular Hbond substituents is 1. The van der Waals surface area contributed by atoms with Crippen molar-refractivity contribution in [1.29, 1.82) is 0 Å². The minimum Gasteiger partial charge on any atom is -0.506 e. The normalized spacial score (nSPS) is 10.7. The Hall–Kier alpha value is -1.57. The van der Waals surface area contributed by atoms with Gasteiger partial charge < -0.3 is 9.84 Å². The van der Waals surface area contributed by atoms with E-state index >= 15 is 0 Å². The molecular formula is C15H11Br2ClN2O3. The van der Waals surface area contributed by atoms with Crippen LogP contribution in [0.5, 0.6) is 11.5 Å². The van der Waals surface area contributed by atoms with E-state index in [1.54, 1.807) is 36.4 Å². The molecule has 5 nitrogen and oxygen atoms in total. The van der Waals surface area contributed by atoms with Gasteiger partial charge in [0.1, 0.15) is 11.5 Å². The third kappa shape index (κ3) is 5.53. The summed E-state index contributed by atoms with van der Waals surface area (Å²) in [5.41, 5.74) is 2.76. The lowest BCUT2D eigenvalue weighted by molar-refractivity contribution is -0.123. The van der Waals surface area contributed by atoms with Crippen molar-refractivity contribution in [3.63, 3.8) is 0 Å². The molecule has 2 rings (SSSR count). The third-order valence-electron chi connectivity index (χ3n) is 2.62. The summed E-state index contributed by atoms with van der Waals surface area (Å²) in [4.78, 5) is 11.6. The molecule has 0 aliphatic rings. The number of rotatable bonds is 5. The maximum Gasteiger partial charge on any atom is 0.277 e. The van der Waals surface area contributed by atoms with Crippen LogP contribution in [0.1, 0.15) is 5.56 Å². The number of hydrogen-bond acceptors (Lipinski definition) is 4. The Morgan fingerprint density at radius 2 is 2.13 bits per heavy atom. The van der Waals surface area contributed by atoms with Gasteiger partial charge >= 0.3 is 0 Å². The first-order chi connectivity index (χ1) is 11.0. The SMILES string of the molecule is O=C(COc1cccc(Cl)c1)N/N=C/c1cc(Br)cc(Br)c1O. The summed E-state index contributed by atoms with van der Waals surface area (Å²) >= 11 is 12.3. The van der Waals surface area contributed by atoms with E-state index in [-0.39, 0.29) is 12.4 Å². The zero-order chi connectivity index (χ0) is 16.8. The molecule has 0 unspecified atom stereocenters. The average molecular weight is 463 g/mol. The highest BCUT2D eigenvalue weighted by molar-refractivity contribution is 9.11. The molecule has 0 heterocycles. The Labute approximate surface area is 154 Å². The van der Waals surface area contributed by atoms with Gasteiger partial charge in [-0.1, -0.05) is 33.6 Å². The number of carbonyl (C=O) groups excluding carboxylic acids is 1. The van der Waals surface area contributed by atoms with Crippen LogP contribution in [0.15, 0.2) is 50.4 Å². The molecule has 2 aromatic rings. The van der Waals surface area contributed by atoms with Gasteiger partial charge in [0.15, 0.2) is 6.61 Å². The van der Waals surface area contributed by atoms with Crippen molar-refractivity contribution >= 4 is 55.6 Å². The highest BCUT2D eigenvalue weighted by Gasteiger charge is 2.06. The molecule has 0 atom stereocenters. The molecule has 0 saturated carbocycles. The summed E-state index contributed by atoms with van der Waals surface area (Å²) in [7, 11) is 0. The topological polar surface area (TPSA) is 70.9 Å². The molecule has 2 aromatic carbocycles. The lowest BCUT2D eigenvalue weighted by Gasteiger charge is -2.05. The van der Waals surface area contributed by atoms with Crippen molar-refractivity contribution < 1.29 is 14.6 Å². The highest BCUT2D eigenvalue weighted by Crippen LogP contribution is 2.30. The fourth-order valence-corrected chi connectivity index (χ4v) is 3.03. The van der Waals surface area contributed by atoms with Gasteiger partial charge in [-0.3, -0.25) is 4.79 Å². The Kier molecular flexibility index (Phi) is 6.44. The number of carbonyl (C=O) groups is 1. The fourth-order valence-electron chi connectivity index (χ4n) is 1.60. The van der Waals surface area contributed by atoms with Crippen molar-refractivity contribution in [3.05, 3.63) is 55.9 Å². The molecular weight excluding hydrogens is 451 g/mol. The molecule has 0 aliphatic heterocycles. The lowest BCUT2D eigenvalue weighted by Crippen LogP contribution is -2.24. The van der Waals surface area contributed by atoms with E-state index < -0.39 is 5.91 Å². The van der Waals surface area contributed by atoms with Gasteiger partial charge in [0.25, 0.3) is 5.91 Å². The third-order valence-corrected chi connectivity index (χ3v) is 3.91. The van der Waals surface area contributed by atoms with Crippen LogP contribution >= 0.6 is 43.5 Å². The molecule has 0 spiro atoms. The summed E-state index contributed by atoms with van der Waals surface area (Å²) < 4.78 is 6.56. The van der Waals surface area contributed by atoms with Crippen molar-refractivity contribution in [2.75, 3.05) is 6.61 Å². The monoisotopic (exact) mass is 460 g/mol. The Morgan fingerprint density at radius 3 is 2.87 bits per heavy atom. The number of amides is 1. The van der Waals surface area contributed by atoms with E-state index in [2.05, 4.69) is 42.4 Å². The zero-order valence-corrected chi connectivity index (χ0v) is 15.5. The Bertz CT molecular complexity index is 753. The van der Waals surface area contributed by atoms with Gasteiger partial charge in [0.2, 0.25) is 0 Å². The van der Waals surface area contributed by atoms with Crippen LogP contribution in [0.4, 0.5) is 0 Å². The Morgan fingerprint density at radius 1 is 1.35 bits per heavy atom. The van der Waals surface area contributed by atoms with E-state index in [1.165, 1.54) is 6.21 Å². The van der Waals surface area contributed by atoms with E-state index in [9.17, 15) is 9.90 Å². The van der Waals surface area contributed by atoms with Crippen molar-refractivity contribution in [3.8, 4) is 11.5 Å². The quantitative estimate of drug-likeness (QED) is 0.519. The van der Waals surface area contributed by atoms with E-state index in [1.807, 2.05) is 0 Å². The number of hydrogen-bond donors (Lipinski definition) is 2. The van der Waals surface area contributed by atoms with Crippen LogP contribution in [-0.4, -0.2) is 23.8 Å². The van der Waals surface area contributed by atoms with Crippen LogP contribution in [-0.2, 0) is 4.79 Å². The molecule has 0 saturated heterocycles. The van der Waals surface area contributed by atoms with Gasteiger partial charge in [0.05, 0.1) is 10.7 Å². The number of phenols is 1. The Balaban J connectivity index is 1.89. The first kappa shape index (κ1) is 17.8. The molecule has 8 heteroatoms. The minimum absolute atomic E-state index is 0.0291. The minimum atomic E-state index is -0.435. The molecule has 0 aromatic heterocycles. The first-order valence-corrected chi connectivity index (χ1v) is 8.30. The molecule has 120 valence electrons. The van der Waals surface area contributed by atoms with Gasteiger partial charge in [-0.05, 0) is 46.3 Å². The first-order valence-electron chi connectivity index (χ1n) is 6.34. The van der Waals surface area contributed by atoms with Crippen LogP contribution < -0.4 is 10.2 Å².